The number of rotatable bonds is 5. The Kier molecular flexibility index (Phi) is 7.97. The van der Waals surface area contributed by atoms with Gasteiger partial charge >= 0.3 is 0 Å². The van der Waals surface area contributed by atoms with E-state index in [1.807, 2.05) is 33.2 Å². The van der Waals surface area contributed by atoms with Gasteiger partial charge in [0.25, 0.3) is 0 Å². The van der Waals surface area contributed by atoms with Gasteiger partial charge in [-0.25, -0.2) is 4.39 Å². The number of thioether (sulfide) groups is 1. The molecular weight excluding hydrogens is 288 g/mol. The van der Waals surface area contributed by atoms with Crippen molar-refractivity contribution < 1.29 is 13.6 Å². The Bertz CT molecular complexity index is 574. The molecule has 0 fully saturated rings. The number of para-hydroxylation sites is 1. The van der Waals surface area contributed by atoms with E-state index in [0.717, 1.165) is 10.9 Å². The summed E-state index contributed by atoms with van der Waals surface area (Å²) in [6.45, 7) is 4.53. The van der Waals surface area contributed by atoms with Crippen LogP contribution in [0, 0.1) is 5.82 Å². The largest absolute Gasteiger partial charge is 0.461 e. The second-order valence-electron chi connectivity index (χ2n) is 4.49. The second-order valence-corrected chi connectivity index (χ2v) is 5.35. The maximum absolute atomic E-state index is 13.4. The van der Waals surface area contributed by atoms with Gasteiger partial charge in [-0.3, -0.25) is 4.79 Å². The fourth-order valence-electron chi connectivity index (χ4n) is 1.79. The van der Waals surface area contributed by atoms with E-state index in [1.54, 1.807) is 12.3 Å². The van der Waals surface area contributed by atoms with Crippen LogP contribution in [-0.4, -0.2) is 31.7 Å². The maximum atomic E-state index is 13.4. The molecule has 6 heteroatoms. The van der Waals surface area contributed by atoms with Crippen LogP contribution in [0.4, 0.5) is 4.39 Å². The molecule has 0 aliphatic rings. The Morgan fingerprint density at radius 1 is 1.43 bits per heavy atom. The summed E-state index contributed by atoms with van der Waals surface area (Å²) < 4.78 is 18.6. The van der Waals surface area contributed by atoms with E-state index in [9.17, 15) is 9.18 Å². The Balaban J connectivity index is 0.000000677. The van der Waals surface area contributed by atoms with Crippen LogP contribution in [0.25, 0.3) is 11.0 Å². The van der Waals surface area contributed by atoms with Crippen molar-refractivity contribution in [3.05, 3.63) is 35.8 Å². The third kappa shape index (κ3) is 5.46. The molecule has 21 heavy (non-hydrogen) atoms. The summed E-state index contributed by atoms with van der Waals surface area (Å²) in [5.74, 6) is 0.118. The van der Waals surface area contributed by atoms with Crippen molar-refractivity contribution >= 4 is 35.9 Å². The van der Waals surface area contributed by atoms with Crippen LogP contribution in [0.3, 0.4) is 0 Å². The molecule has 1 N–H and O–H groups in total. The molecule has 0 bridgehead atoms. The second kappa shape index (κ2) is 9.50. The summed E-state index contributed by atoms with van der Waals surface area (Å²) in [5.41, 5.74) is 1.19. The first-order valence-corrected chi connectivity index (χ1v) is 8.17. The van der Waals surface area contributed by atoms with Gasteiger partial charge in [0, 0.05) is 17.5 Å². The van der Waals surface area contributed by atoms with Gasteiger partial charge in [0.1, 0.15) is 7.28 Å². The Hall–Kier alpha value is -1.43. The van der Waals surface area contributed by atoms with E-state index in [-0.39, 0.29) is 17.3 Å². The summed E-state index contributed by atoms with van der Waals surface area (Å²) in [4.78, 5) is 11.3. The van der Waals surface area contributed by atoms with Gasteiger partial charge in [-0.05, 0) is 18.7 Å². The Morgan fingerprint density at radius 3 is 2.81 bits per heavy atom. The number of benzene rings is 1. The van der Waals surface area contributed by atoms with Gasteiger partial charge in [0.05, 0.1) is 12.0 Å². The molecule has 2 rings (SSSR count). The summed E-state index contributed by atoms with van der Waals surface area (Å²) in [5, 5.41) is 3.58. The quantitative estimate of drug-likeness (QED) is 0.861. The average Bonchev–Trinajstić information content (AvgIpc) is 2.85. The molecule has 0 atom stereocenters. The highest BCUT2D eigenvalue weighted by Crippen LogP contribution is 2.23. The number of amides is 1. The summed E-state index contributed by atoms with van der Waals surface area (Å²) in [6, 6.07) is 4.85. The summed E-state index contributed by atoms with van der Waals surface area (Å²) >= 11 is 1.48. The number of carbonyl (C=O) groups is 1. The summed E-state index contributed by atoms with van der Waals surface area (Å²) in [6.07, 6.45) is 4.07. The lowest BCUT2D eigenvalue weighted by Gasteiger charge is -2.02. The zero-order valence-corrected chi connectivity index (χ0v) is 13.4. The molecular formula is C15H20BFNO2S. The first-order valence-electron chi connectivity index (χ1n) is 6.78. The highest BCUT2D eigenvalue weighted by molar-refractivity contribution is 7.99. The number of furan rings is 1. The van der Waals surface area contributed by atoms with Gasteiger partial charge < -0.3 is 9.73 Å². The van der Waals surface area contributed by atoms with E-state index in [2.05, 4.69) is 5.32 Å². The zero-order valence-electron chi connectivity index (χ0n) is 12.6. The van der Waals surface area contributed by atoms with Crippen molar-refractivity contribution in [1.82, 2.24) is 5.32 Å². The number of hydrogen-bond donors (Lipinski definition) is 1. The molecule has 3 nitrogen and oxygen atoms in total. The van der Waals surface area contributed by atoms with E-state index < -0.39 is 0 Å². The molecule has 0 aliphatic heterocycles. The standard InChI is InChI=1S/C13H14FNO2S.C2H6B/c1-18-8-12(16)15-6-5-9-7-17-13-10(9)3-2-4-11(13)14;1-3-2/h2-4,7H,5-6,8H2,1H3,(H,15,16);1-2H3. The molecule has 1 heterocycles. The fraction of sp³-hybridized carbons (Fsp3) is 0.400. The molecule has 2 aromatic rings. The van der Waals surface area contributed by atoms with Crippen molar-refractivity contribution in [2.45, 2.75) is 20.1 Å². The van der Waals surface area contributed by atoms with Gasteiger partial charge in [-0.15, -0.1) is 0 Å². The molecule has 0 aliphatic carbocycles. The molecule has 0 unspecified atom stereocenters. The number of hydrogen-bond acceptors (Lipinski definition) is 3. The van der Waals surface area contributed by atoms with Crippen molar-refractivity contribution in [2.75, 3.05) is 18.6 Å². The Labute approximate surface area is 129 Å². The van der Waals surface area contributed by atoms with Gasteiger partial charge in [-0.1, -0.05) is 25.8 Å². The lowest BCUT2D eigenvalue weighted by molar-refractivity contribution is -0.118. The molecule has 0 saturated heterocycles. The smallest absolute Gasteiger partial charge is 0.229 e. The molecule has 1 aromatic heterocycles. The van der Waals surface area contributed by atoms with Crippen molar-refractivity contribution in [2.24, 2.45) is 0 Å². The topological polar surface area (TPSA) is 42.2 Å². The third-order valence-corrected chi connectivity index (χ3v) is 3.17. The molecule has 1 amide bonds. The van der Waals surface area contributed by atoms with Crippen molar-refractivity contribution in [3.63, 3.8) is 0 Å². The minimum absolute atomic E-state index is 0.0153. The van der Waals surface area contributed by atoms with Crippen LogP contribution in [0.5, 0.6) is 0 Å². The lowest BCUT2D eigenvalue weighted by Crippen LogP contribution is -2.27. The third-order valence-electron chi connectivity index (χ3n) is 2.62. The number of fused-ring (bicyclic) bond motifs is 1. The van der Waals surface area contributed by atoms with Crippen LogP contribution < -0.4 is 5.32 Å². The average molecular weight is 308 g/mol. The van der Waals surface area contributed by atoms with E-state index in [0.29, 0.717) is 18.7 Å². The van der Waals surface area contributed by atoms with E-state index in [4.69, 9.17) is 4.42 Å². The van der Waals surface area contributed by atoms with E-state index >= 15 is 0 Å². The molecule has 0 saturated carbocycles. The minimum Gasteiger partial charge on any atom is -0.461 e. The maximum Gasteiger partial charge on any atom is 0.229 e. The molecule has 1 aromatic carbocycles. The van der Waals surface area contributed by atoms with Gasteiger partial charge in [0.2, 0.25) is 5.91 Å². The van der Waals surface area contributed by atoms with Crippen molar-refractivity contribution in [1.29, 1.82) is 0 Å². The minimum atomic E-state index is -0.356. The highest BCUT2D eigenvalue weighted by Gasteiger charge is 2.09. The first kappa shape index (κ1) is 17.6. The predicted octanol–water partition coefficient (Wildman–Crippen LogP) is 3.38. The predicted molar refractivity (Wildman–Crippen MR) is 88.7 cm³/mol. The SMILES string of the molecule is CSCC(=O)NCCc1coc2c(F)cccc12.C[B]C. The van der Waals surface area contributed by atoms with E-state index in [1.165, 1.54) is 17.8 Å². The van der Waals surface area contributed by atoms with Crippen LogP contribution in [0.2, 0.25) is 13.6 Å². The normalized spacial score (nSPS) is 9.90. The molecule has 1 radical (unpaired) electrons. The highest BCUT2D eigenvalue weighted by atomic mass is 32.2. The van der Waals surface area contributed by atoms with Crippen LogP contribution in [-0.2, 0) is 11.2 Å². The molecule has 0 spiro atoms. The lowest BCUT2D eigenvalue weighted by atomic mass is 9.88. The van der Waals surface area contributed by atoms with Gasteiger partial charge in [-0.2, -0.15) is 11.8 Å². The first-order chi connectivity index (χ1) is 10.1. The van der Waals surface area contributed by atoms with Gasteiger partial charge in [0.15, 0.2) is 11.4 Å². The number of nitrogens with one attached hydrogen (secondary N) is 1. The Morgan fingerprint density at radius 2 is 2.14 bits per heavy atom. The zero-order chi connectivity index (χ0) is 15.7. The van der Waals surface area contributed by atoms with Crippen LogP contribution >= 0.6 is 11.8 Å². The molecule has 113 valence electrons. The monoisotopic (exact) mass is 308 g/mol. The fourth-order valence-corrected chi connectivity index (χ4v) is 2.15. The number of carbonyl (C=O) groups excluding carboxylic acids is 1. The van der Waals surface area contributed by atoms with Crippen LogP contribution in [0.15, 0.2) is 28.9 Å². The van der Waals surface area contributed by atoms with Crippen molar-refractivity contribution in [3.8, 4) is 0 Å². The summed E-state index contributed by atoms with van der Waals surface area (Å²) in [7, 11) is 2.00. The van der Waals surface area contributed by atoms with Crippen LogP contribution in [0.1, 0.15) is 5.56 Å². The number of halogens is 1.